The second-order valence-corrected chi connectivity index (χ2v) is 6.11. The summed E-state index contributed by atoms with van der Waals surface area (Å²) < 4.78 is 22.3. The van der Waals surface area contributed by atoms with Gasteiger partial charge in [0.1, 0.15) is 4.90 Å². The van der Waals surface area contributed by atoms with Gasteiger partial charge in [-0.15, -0.1) is 0 Å². The summed E-state index contributed by atoms with van der Waals surface area (Å²) in [6.45, 7) is 0. The van der Waals surface area contributed by atoms with E-state index in [-0.39, 0.29) is 20.5 Å². The minimum absolute atomic E-state index is 0.0537. The molecule has 1 rings (SSSR count). The van der Waals surface area contributed by atoms with Crippen LogP contribution in [0.1, 0.15) is 10.4 Å². The molecule has 0 unspecified atom stereocenters. The fourth-order valence-electron chi connectivity index (χ4n) is 1.02. The Balaban J connectivity index is 3.52. The molecule has 16 heavy (non-hydrogen) atoms. The van der Waals surface area contributed by atoms with Gasteiger partial charge in [-0.3, -0.25) is 4.79 Å². The van der Waals surface area contributed by atoms with E-state index in [0.717, 1.165) is 6.07 Å². The van der Waals surface area contributed by atoms with E-state index in [9.17, 15) is 13.2 Å². The molecule has 0 radical (unpaired) electrons. The molecule has 0 aromatic heterocycles. The van der Waals surface area contributed by atoms with Crippen molar-refractivity contribution in [3.8, 4) is 0 Å². The van der Waals surface area contributed by atoms with Gasteiger partial charge in [0.05, 0.1) is 10.0 Å². The minimum Gasteiger partial charge on any atom is -0.355 e. The third kappa shape index (κ3) is 2.79. The third-order valence-electron chi connectivity index (χ3n) is 1.75. The third-order valence-corrected chi connectivity index (χ3v) is 4.01. The number of nitrogens with one attached hydrogen (secondary N) is 1. The summed E-state index contributed by atoms with van der Waals surface area (Å²) in [5.74, 6) is -0.486. The molecular weight excluding hydrogens is 297 g/mol. The molecule has 0 aliphatic rings. The Morgan fingerprint density at radius 3 is 2.31 bits per heavy atom. The van der Waals surface area contributed by atoms with Crippen molar-refractivity contribution in [3.05, 3.63) is 27.7 Å². The highest BCUT2D eigenvalue weighted by atomic mass is 35.7. The van der Waals surface area contributed by atoms with E-state index in [1.165, 1.54) is 13.1 Å². The number of carbonyl (C=O) groups excluding carboxylic acids is 1. The predicted octanol–water partition coefficient (Wildman–Crippen LogP) is 2.28. The van der Waals surface area contributed by atoms with Crippen LogP contribution in [0.4, 0.5) is 0 Å². The van der Waals surface area contributed by atoms with E-state index in [0.29, 0.717) is 0 Å². The van der Waals surface area contributed by atoms with Crippen molar-refractivity contribution >= 4 is 48.8 Å². The summed E-state index contributed by atoms with van der Waals surface area (Å²) in [5.41, 5.74) is 0.0659. The fourth-order valence-corrected chi connectivity index (χ4v) is 2.78. The molecule has 0 heterocycles. The first-order chi connectivity index (χ1) is 7.27. The zero-order valence-corrected chi connectivity index (χ0v) is 11.0. The summed E-state index contributed by atoms with van der Waals surface area (Å²) in [6.07, 6.45) is 0. The van der Waals surface area contributed by atoms with Crippen LogP contribution >= 0.6 is 33.9 Å². The molecule has 0 saturated heterocycles. The number of rotatable bonds is 2. The zero-order chi connectivity index (χ0) is 12.5. The van der Waals surface area contributed by atoms with Crippen molar-refractivity contribution in [1.82, 2.24) is 5.32 Å². The molecule has 0 aliphatic heterocycles. The lowest BCUT2D eigenvalue weighted by Gasteiger charge is -2.06. The van der Waals surface area contributed by atoms with Gasteiger partial charge < -0.3 is 5.32 Å². The largest absolute Gasteiger partial charge is 0.355 e. The lowest BCUT2D eigenvalue weighted by molar-refractivity contribution is 0.0963. The van der Waals surface area contributed by atoms with Crippen molar-refractivity contribution in [2.24, 2.45) is 0 Å². The minimum atomic E-state index is -4.04. The normalized spacial score (nSPS) is 11.2. The van der Waals surface area contributed by atoms with Crippen LogP contribution in [0.2, 0.25) is 10.0 Å². The number of hydrogen-bond acceptors (Lipinski definition) is 3. The SMILES string of the molecule is CNC(=O)c1cc(Cl)c(Cl)c(S(=O)(=O)Cl)c1. The number of benzene rings is 1. The average molecular weight is 303 g/mol. The van der Waals surface area contributed by atoms with Gasteiger partial charge >= 0.3 is 0 Å². The Morgan fingerprint density at radius 1 is 1.31 bits per heavy atom. The van der Waals surface area contributed by atoms with Crippen LogP contribution in [0.5, 0.6) is 0 Å². The van der Waals surface area contributed by atoms with Crippen LogP contribution in [0.25, 0.3) is 0 Å². The molecule has 0 fully saturated rings. The van der Waals surface area contributed by atoms with E-state index in [1.807, 2.05) is 0 Å². The van der Waals surface area contributed by atoms with Crippen molar-refractivity contribution < 1.29 is 13.2 Å². The Labute approximate surface area is 107 Å². The molecule has 1 amide bonds. The van der Waals surface area contributed by atoms with E-state index >= 15 is 0 Å². The van der Waals surface area contributed by atoms with Crippen LogP contribution in [-0.4, -0.2) is 21.4 Å². The molecule has 0 spiro atoms. The average Bonchev–Trinajstić information content (AvgIpc) is 2.18. The van der Waals surface area contributed by atoms with Crippen LogP contribution in [0, 0.1) is 0 Å². The Bertz CT molecular complexity index is 542. The molecule has 88 valence electrons. The van der Waals surface area contributed by atoms with E-state index in [4.69, 9.17) is 33.9 Å². The van der Waals surface area contributed by atoms with Crippen molar-refractivity contribution in [1.29, 1.82) is 0 Å². The van der Waals surface area contributed by atoms with Gasteiger partial charge in [0.15, 0.2) is 0 Å². The fraction of sp³-hybridized carbons (Fsp3) is 0.125. The van der Waals surface area contributed by atoms with E-state index < -0.39 is 15.0 Å². The highest BCUT2D eigenvalue weighted by molar-refractivity contribution is 8.13. The van der Waals surface area contributed by atoms with Crippen molar-refractivity contribution in [2.45, 2.75) is 4.90 Å². The van der Waals surface area contributed by atoms with Crippen LogP contribution in [-0.2, 0) is 9.05 Å². The lowest BCUT2D eigenvalue weighted by atomic mass is 10.2. The molecule has 0 aliphatic carbocycles. The Kier molecular flexibility index (Phi) is 4.07. The highest BCUT2D eigenvalue weighted by Gasteiger charge is 2.20. The molecule has 1 N–H and O–H groups in total. The van der Waals surface area contributed by atoms with Gasteiger partial charge in [0.25, 0.3) is 15.0 Å². The summed E-state index contributed by atoms with van der Waals surface area (Å²) in [7, 11) is 2.51. The first kappa shape index (κ1) is 13.6. The maximum atomic E-state index is 11.3. The number of carbonyl (C=O) groups is 1. The van der Waals surface area contributed by atoms with Crippen LogP contribution in [0.3, 0.4) is 0 Å². The molecule has 1 aromatic rings. The van der Waals surface area contributed by atoms with Crippen molar-refractivity contribution in [3.63, 3.8) is 0 Å². The van der Waals surface area contributed by atoms with E-state index in [1.54, 1.807) is 0 Å². The smallest absolute Gasteiger partial charge is 0.262 e. The first-order valence-corrected chi connectivity index (χ1v) is 6.99. The molecule has 4 nitrogen and oxygen atoms in total. The second-order valence-electron chi connectivity index (χ2n) is 2.79. The summed E-state index contributed by atoms with van der Waals surface area (Å²) in [5, 5.41) is 2.07. The molecule has 0 atom stereocenters. The van der Waals surface area contributed by atoms with Crippen LogP contribution < -0.4 is 5.32 Å². The van der Waals surface area contributed by atoms with E-state index in [2.05, 4.69) is 5.32 Å². The van der Waals surface area contributed by atoms with Gasteiger partial charge in [-0.05, 0) is 12.1 Å². The van der Waals surface area contributed by atoms with Crippen molar-refractivity contribution in [2.75, 3.05) is 7.05 Å². The van der Waals surface area contributed by atoms with Crippen LogP contribution in [0.15, 0.2) is 17.0 Å². The summed E-state index contributed by atoms with van der Waals surface area (Å²) >= 11 is 11.4. The number of amides is 1. The Hall–Kier alpha value is -0.490. The second kappa shape index (κ2) is 4.79. The highest BCUT2D eigenvalue weighted by Crippen LogP contribution is 2.32. The standard InChI is InChI=1S/C8H6Cl3NO3S/c1-12-8(13)4-2-5(9)7(10)6(3-4)16(11,14)15/h2-3H,1H3,(H,12,13). The zero-order valence-electron chi connectivity index (χ0n) is 7.92. The quantitative estimate of drug-likeness (QED) is 0.853. The van der Waals surface area contributed by atoms with Gasteiger partial charge in [-0.1, -0.05) is 23.2 Å². The number of hydrogen-bond donors (Lipinski definition) is 1. The molecule has 8 heteroatoms. The summed E-state index contributed by atoms with van der Waals surface area (Å²) in [6, 6.07) is 2.32. The maximum Gasteiger partial charge on any atom is 0.262 e. The molecule has 0 bridgehead atoms. The number of halogens is 3. The monoisotopic (exact) mass is 301 g/mol. The summed E-state index contributed by atoms with van der Waals surface area (Å²) in [4.78, 5) is 10.9. The molecule has 0 saturated carbocycles. The van der Waals surface area contributed by atoms with Gasteiger partial charge in [-0.2, -0.15) is 0 Å². The van der Waals surface area contributed by atoms with Gasteiger partial charge in [-0.25, -0.2) is 8.42 Å². The van der Waals surface area contributed by atoms with Gasteiger partial charge in [0, 0.05) is 23.3 Å². The molecular formula is C8H6Cl3NO3S. The maximum absolute atomic E-state index is 11.3. The predicted molar refractivity (Wildman–Crippen MR) is 62.9 cm³/mol. The first-order valence-electron chi connectivity index (χ1n) is 3.93. The van der Waals surface area contributed by atoms with Gasteiger partial charge in [0.2, 0.25) is 0 Å². The molecule has 1 aromatic carbocycles. The lowest BCUT2D eigenvalue weighted by Crippen LogP contribution is -2.18. The Morgan fingerprint density at radius 2 is 1.88 bits per heavy atom. The topological polar surface area (TPSA) is 63.2 Å².